The number of urea groups is 1. The lowest BCUT2D eigenvalue weighted by molar-refractivity contribution is 0.247. The fourth-order valence-corrected chi connectivity index (χ4v) is 2.07. The van der Waals surface area contributed by atoms with Gasteiger partial charge >= 0.3 is 6.03 Å². The fraction of sp³-hybridized carbons (Fsp3) is 0.0714. The quantitative estimate of drug-likeness (QED) is 0.899. The molecule has 2 amide bonds. The van der Waals surface area contributed by atoms with Gasteiger partial charge in [0.05, 0.1) is 6.04 Å². The van der Waals surface area contributed by atoms with Gasteiger partial charge in [-0.15, -0.1) is 0 Å². The second-order valence-electron chi connectivity index (χ2n) is 3.90. The SMILES string of the molecule is NC(=O)NC(c1ccccc1)c1ccc(Br)cc1. The lowest BCUT2D eigenvalue weighted by Gasteiger charge is -2.18. The van der Waals surface area contributed by atoms with Crippen LogP contribution in [0.3, 0.4) is 0 Å². The first kappa shape index (κ1) is 12.6. The second-order valence-corrected chi connectivity index (χ2v) is 4.82. The summed E-state index contributed by atoms with van der Waals surface area (Å²) in [6, 6.07) is 16.8. The zero-order valence-corrected chi connectivity index (χ0v) is 11.2. The summed E-state index contributed by atoms with van der Waals surface area (Å²) in [7, 11) is 0. The Morgan fingerprint density at radius 3 is 2.11 bits per heavy atom. The highest BCUT2D eigenvalue weighted by Gasteiger charge is 2.14. The maximum absolute atomic E-state index is 11.1. The molecular weight excluding hydrogens is 292 g/mol. The van der Waals surface area contributed by atoms with Crippen LogP contribution >= 0.6 is 15.9 Å². The van der Waals surface area contributed by atoms with E-state index in [2.05, 4.69) is 21.2 Å². The van der Waals surface area contributed by atoms with Crippen molar-refractivity contribution in [2.45, 2.75) is 6.04 Å². The Balaban J connectivity index is 2.36. The van der Waals surface area contributed by atoms with E-state index in [4.69, 9.17) is 5.73 Å². The highest BCUT2D eigenvalue weighted by Crippen LogP contribution is 2.23. The number of halogens is 1. The van der Waals surface area contributed by atoms with Crippen molar-refractivity contribution in [3.8, 4) is 0 Å². The Hall–Kier alpha value is -1.81. The molecule has 1 atom stereocenters. The van der Waals surface area contributed by atoms with Crippen LogP contribution in [0.4, 0.5) is 4.79 Å². The number of amides is 2. The van der Waals surface area contributed by atoms with Crippen molar-refractivity contribution < 1.29 is 4.79 Å². The molecule has 0 aliphatic heterocycles. The Morgan fingerprint density at radius 2 is 1.56 bits per heavy atom. The highest BCUT2D eigenvalue weighted by molar-refractivity contribution is 9.10. The Morgan fingerprint density at radius 1 is 1.00 bits per heavy atom. The predicted molar refractivity (Wildman–Crippen MR) is 75.1 cm³/mol. The average Bonchev–Trinajstić information content (AvgIpc) is 2.38. The summed E-state index contributed by atoms with van der Waals surface area (Å²) in [4.78, 5) is 11.1. The van der Waals surface area contributed by atoms with Gasteiger partial charge in [-0.2, -0.15) is 0 Å². The smallest absolute Gasteiger partial charge is 0.312 e. The third-order valence-corrected chi connectivity index (χ3v) is 3.15. The lowest BCUT2D eigenvalue weighted by Crippen LogP contribution is -2.33. The van der Waals surface area contributed by atoms with Gasteiger partial charge in [-0.05, 0) is 23.3 Å². The minimum Gasteiger partial charge on any atom is -0.352 e. The molecule has 0 aromatic heterocycles. The molecular formula is C14H13BrN2O. The molecule has 3 nitrogen and oxygen atoms in total. The van der Waals surface area contributed by atoms with Crippen LogP contribution in [0.25, 0.3) is 0 Å². The first-order chi connectivity index (χ1) is 8.66. The second kappa shape index (κ2) is 5.69. The summed E-state index contributed by atoms with van der Waals surface area (Å²) in [6.45, 7) is 0. The van der Waals surface area contributed by atoms with Gasteiger partial charge in [-0.1, -0.05) is 58.4 Å². The van der Waals surface area contributed by atoms with E-state index in [-0.39, 0.29) is 6.04 Å². The third kappa shape index (κ3) is 3.11. The van der Waals surface area contributed by atoms with E-state index in [0.717, 1.165) is 15.6 Å². The van der Waals surface area contributed by atoms with Gasteiger partial charge < -0.3 is 11.1 Å². The number of primary amides is 1. The first-order valence-corrected chi connectivity index (χ1v) is 6.32. The molecule has 3 N–H and O–H groups in total. The topological polar surface area (TPSA) is 55.1 Å². The van der Waals surface area contributed by atoms with Crippen LogP contribution in [0.5, 0.6) is 0 Å². The molecule has 0 spiro atoms. The van der Waals surface area contributed by atoms with Crippen molar-refractivity contribution in [1.82, 2.24) is 5.32 Å². The number of rotatable bonds is 3. The van der Waals surface area contributed by atoms with Crippen LogP contribution in [0, 0.1) is 0 Å². The largest absolute Gasteiger partial charge is 0.352 e. The highest BCUT2D eigenvalue weighted by atomic mass is 79.9. The summed E-state index contributed by atoms with van der Waals surface area (Å²) >= 11 is 3.39. The summed E-state index contributed by atoms with van der Waals surface area (Å²) in [5.74, 6) is 0. The molecule has 0 aliphatic rings. The van der Waals surface area contributed by atoms with Gasteiger partial charge in [-0.25, -0.2) is 4.79 Å². The third-order valence-electron chi connectivity index (χ3n) is 2.62. The van der Waals surface area contributed by atoms with Crippen molar-refractivity contribution in [2.24, 2.45) is 5.73 Å². The van der Waals surface area contributed by atoms with Crippen molar-refractivity contribution in [3.05, 3.63) is 70.2 Å². The van der Waals surface area contributed by atoms with Gasteiger partial charge in [-0.3, -0.25) is 0 Å². The average molecular weight is 305 g/mol. The molecule has 0 heterocycles. The van der Waals surface area contributed by atoms with Gasteiger partial charge in [0, 0.05) is 4.47 Å². The minimum absolute atomic E-state index is 0.225. The van der Waals surface area contributed by atoms with E-state index in [9.17, 15) is 4.79 Å². The van der Waals surface area contributed by atoms with Crippen molar-refractivity contribution in [1.29, 1.82) is 0 Å². The Kier molecular flexibility index (Phi) is 3.99. The van der Waals surface area contributed by atoms with E-state index in [1.54, 1.807) is 0 Å². The Bertz CT molecular complexity index is 525. The van der Waals surface area contributed by atoms with Crippen molar-refractivity contribution in [3.63, 3.8) is 0 Å². The normalized spacial score (nSPS) is 11.8. The molecule has 0 aliphatic carbocycles. The van der Waals surface area contributed by atoms with Crippen molar-refractivity contribution >= 4 is 22.0 Å². The summed E-state index contributed by atoms with van der Waals surface area (Å²) in [5.41, 5.74) is 7.23. The molecule has 1 unspecified atom stereocenters. The van der Waals surface area contributed by atoms with Crippen LogP contribution < -0.4 is 11.1 Å². The maximum Gasteiger partial charge on any atom is 0.312 e. The zero-order valence-electron chi connectivity index (χ0n) is 9.64. The monoisotopic (exact) mass is 304 g/mol. The van der Waals surface area contributed by atoms with Crippen LogP contribution in [-0.4, -0.2) is 6.03 Å². The van der Waals surface area contributed by atoms with Crippen LogP contribution in [0.15, 0.2) is 59.1 Å². The van der Waals surface area contributed by atoms with E-state index in [1.165, 1.54) is 0 Å². The molecule has 0 radical (unpaired) electrons. The molecule has 0 fully saturated rings. The molecule has 0 bridgehead atoms. The van der Waals surface area contributed by atoms with E-state index in [0.29, 0.717) is 0 Å². The molecule has 92 valence electrons. The predicted octanol–water partition coefficient (Wildman–Crippen LogP) is 3.21. The molecule has 2 rings (SSSR count). The van der Waals surface area contributed by atoms with Gasteiger partial charge in [0.25, 0.3) is 0 Å². The first-order valence-electron chi connectivity index (χ1n) is 5.53. The fourth-order valence-electron chi connectivity index (χ4n) is 1.80. The number of nitrogens with one attached hydrogen (secondary N) is 1. The number of hydrogen-bond acceptors (Lipinski definition) is 1. The number of benzene rings is 2. The van der Waals surface area contributed by atoms with Gasteiger partial charge in [0.15, 0.2) is 0 Å². The van der Waals surface area contributed by atoms with Crippen LogP contribution in [0.2, 0.25) is 0 Å². The molecule has 18 heavy (non-hydrogen) atoms. The van der Waals surface area contributed by atoms with Gasteiger partial charge in [0.2, 0.25) is 0 Å². The minimum atomic E-state index is -0.535. The number of hydrogen-bond donors (Lipinski definition) is 2. The maximum atomic E-state index is 11.1. The lowest BCUT2D eigenvalue weighted by atomic mass is 9.99. The number of nitrogens with two attached hydrogens (primary N) is 1. The van der Waals surface area contributed by atoms with E-state index >= 15 is 0 Å². The zero-order chi connectivity index (χ0) is 13.0. The molecule has 2 aromatic carbocycles. The summed E-state index contributed by atoms with van der Waals surface area (Å²) in [6.07, 6.45) is 0. The van der Waals surface area contributed by atoms with Crippen molar-refractivity contribution in [2.75, 3.05) is 0 Å². The molecule has 0 saturated heterocycles. The van der Waals surface area contributed by atoms with Gasteiger partial charge in [0.1, 0.15) is 0 Å². The van der Waals surface area contributed by atoms with Crippen LogP contribution in [-0.2, 0) is 0 Å². The molecule has 4 heteroatoms. The molecule has 2 aromatic rings. The summed E-state index contributed by atoms with van der Waals surface area (Å²) < 4.78 is 0.997. The molecule has 0 saturated carbocycles. The summed E-state index contributed by atoms with van der Waals surface area (Å²) in [5, 5.41) is 2.76. The number of carbonyl (C=O) groups is 1. The van der Waals surface area contributed by atoms with Crippen LogP contribution in [0.1, 0.15) is 17.2 Å². The Labute approximate surface area is 114 Å². The van der Waals surface area contributed by atoms with E-state index in [1.807, 2.05) is 54.6 Å². The number of carbonyl (C=O) groups excluding carboxylic acids is 1. The standard InChI is InChI=1S/C14H13BrN2O/c15-12-8-6-11(7-9-12)13(17-14(16)18)10-4-2-1-3-5-10/h1-9,13H,(H3,16,17,18). The van der Waals surface area contributed by atoms with E-state index < -0.39 is 6.03 Å².